The van der Waals surface area contributed by atoms with Crippen molar-refractivity contribution < 1.29 is 23.8 Å². The lowest BCUT2D eigenvalue weighted by Gasteiger charge is -2.43. The predicted octanol–water partition coefficient (Wildman–Crippen LogP) is 3.57. The molecule has 0 unspecified atom stereocenters. The lowest BCUT2D eigenvalue weighted by Crippen LogP contribution is -2.54. The van der Waals surface area contributed by atoms with Gasteiger partial charge in [-0.05, 0) is 62.9 Å². The highest BCUT2D eigenvalue weighted by molar-refractivity contribution is 6.30. The number of nitrogens with zero attached hydrogens (tertiary/aromatic N) is 2. The van der Waals surface area contributed by atoms with E-state index in [4.69, 9.17) is 25.8 Å². The Balaban J connectivity index is 1.64. The van der Waals surface area contributed by atoms with E-state index in [0.29, 0.717) is 51.1 Å². The molecule has 0 saturated carbocycles. The minimum absolute atomic E-state index is 0.120. The first kappa shape index (κ1) is 22.4. The molecule has 0 N–H and O–H groups in total. The molecule has 1 aromatic carbocycles. The first-order valence-electron chi connectivity index (χ1n) is 10.8. The van der Waals surface area contributed by atoms with Gasteiger partial charge in [0.2, 0.25) is 5.91 Å². The standard InChI is InChI=1S/C23H31ClN2O5/c1-22(2,3)31-21(28)26-7-8-29-12-19(26)17-10-16(24)9-15-5-6-25(11-18(15)17)20(27)23(4)13-30-14-23/h9-10,19H,5-8,11-14H2,1-4H3/t19-/m0/s1. The molecule has 2 amide bonds. The molecule has 3 heterocycles. The monoisotopic (exact) mass is 450 g/mol. The third-order valence-corrected chi connectivity index (χ3v) is 6.32. The lowest BCUT2D eigenvalue weighted by atomic mass is 9.84. The van der Waals surface area contributed by atoms with Crippen LogP contribution in [0.15, 0.2) is 12.1 Å². The van der Waals surface area contributed by atoms with Crippen molar-refractivity contribution in [1.82, 2.24) is 9.80 Å². The summed E-state index contributed by atoms with van der Waals surface area (Å²) >= 11 is 6.47. The Morgan fingerprint density at radius 1 is 1.19 bits per heavy atom. The van der Waals surface area contributed by atoms with Gasteiger partial charge in [-0.25, -0.2) is 4.79 Å². The fraction of sp³-hybridized carbons (Fsp3) is 0.652. The Morgan fingerprint density at radius 2 is 1.94 bits per heavy atom. The number of carbonyl (C=O) groups excluding carboxylic acids is 2. The predicted molar refractivity (Wildman–Crippen MR) is 116 cm³/mol. The van der Waals surface area contributed by atoms with E-state index in [1.165, 1.54) is 0 Å². The molecule has 170 valence electrons. The second kappa shape index (κ2) is 8.26. The van der Waals surface area contributed by atoms with Crippen LogP contribution in [0.5, 0.6) is 0 Å². The summed E-state index contributed by atoms with van der Waals surface area (Å²) in [6.45, 7) is 10.9. The zero-order valence-corrected chi connectivity index (χ0v) is 19.5. The second-order valence-corrected chi connectivity index (χ2v) is 10.4. The van der Waals surface area contributed by atoms with Gasteiger partial charge in [0.05, 0.1) is 37.9 Å². The van der Waals surface area contributed by atoms with E-state index in [1.54, 1.807) is 4.90 Å². The summed E-state index contributed by atoms with van der Waals surface area (Å²) in [5.41, 5.74) is 2.08. The highest BCUT2D eigenvalue weighted by Crippen LogP contribution is 2.37. The first-order valence-corrected chi connectivity index (χ1v) is 11.2. The number of benzene rings is 1. The minimum atomic E-state index is -0.586. The topological polar surface area (TPSA) is 68.3 Å². The van der Waals surface area contributed by atoms with E-state index in [-0.39, 0.29) is 18.0 Å². The normalized spacial score (nSPS) is 23.1. The lowest BCUT2D eigenvalue weighted by molar-refractivity contribution is -0.169. The molecule has 7 nitrogen and oxygen atoms in total. The quantitative estimate of drug-likeness (QED) is 0.689. The molecular formula is C23H31ClN2O5. The first-order chi connectivity index (χ1) is 14.6. The average Bonchev–Trinajstić information content (AvgIpc) is 2.69. The number of rotatable bonds is 2. The summed E-state index contributed by atoms with van der Waals surface area (Å²) < 4.78 is 16.7. The molecule has 2 fully saturated rings. The van der Waals surface area contributed by atoms with Crippen LogP contribution in [-0.2, 0) is 32.0 Å². The van der Waals surface area contributed by atoms with Crippen molar-refractivity contribution in [2.75, 3.05) is 39.5 Å². The Kier molecular flexibility index (Phi) is 5.96. The summed E-state index contributed by atoms with van der Waals surface area (Å²) in [5.74, 6) is 0.120. The number of ether oxygens (including phenoxy) is 3. The van der Waals surface area contributed by atoms with Gasteiger partial charge in [-0.1, -0.05) is 11.6 Å². The third kappa shape index (κ3) is 4.54. The van der Waals surface area contributed by atoms with Crippen molar-refractivity contribution in [2.24, 2.45) is 5.41 Å². The van der Waals surface area contributed by atoms with E-state index < -0.39 is 11.0 Å². The number of fused-ring (bicyclic) bond motifs is 1. The highest BCUT2D eigenvalue weighted by Gasteiger charge is 2.44. The summed E-state index contributed by atoms with van der Waals surface area (Å²) in [7, 11) is 0. The SMILES string of the molecule is CC(C)(C)OC(=O)N1CCOC[C@H]1c1cc(Cl)cc2c1CN(C(=O)C1(C)COC1)CC2. The maximum absolute atomic E-state index is 13.1. The number of hydrogen-bond donors (Lipinski definition) is 0. The Morgan fingerprint density at radius 3 is 2.58 bits per heavy atom. The smallest absolute Gasteiger partial charge is 0.410 e. The van der Waals surface area contributed by atoms with Gasteiger partial charge in [0, 0.05) is 24.7 Å². The molecule has 0 bridgehead atoms. The summed E-state index contributed by atoms with van der Waals surface area (Å²) in [6, 6.07) is 3.56. The van der Waals surface area contributed by atoms with Crippen LogP contribution in [0.2, 0.25) is 5.02 Å². The van der Waals surface area contributed by atoms with E-state index in [0.717, 1.165) is 23.1 Å². The molecule has 4 rings (SSSR count). The molecule has 31 heavy (non-hydrogen) atoms. The van der Waals surface area contributed by atoms with Crippen LogP contribution < -0.4 is 0 Å². The molecule has 8 heteroatoms. The zero-order chi connectivity index (χ0) is 22.4. The minimum Gasteiger partial charge on any atom is -0.444 e. The zero-order valence-electron chi connectivity index (χ0n) is 18.7. The van der Waals surface area contributed by atoms with Crippen molar-refractivity contribution in [2.45, 2.75) is 52.3 Å². The Labute approximate surface area is 188 Å². The molecular weight excluding hydrogens is 420 g/mol. The van der Waals surface area contributed by atoms with Gasteiger partial charge in [-0.15, -0.1) is 0 Å². The van der Waals surface area contributed by atoms with Gasteiger partial charge in [-0.2, -0.15) is 0 Å². The molecule has 0 aromatic heterocycles. The van der Waals surface area contributed by atoms with Crippen LogP contribution in [0.3, 0.4) is 0 Å². The van der Waals surface area contributed by atoms with Crippen molar-refractivity contribution in [1.29, 1.82) is 0 Å². The average molecular weight is 451 g/mol. The van der Waals surface area contributed by atoms with E-state index in [9.17, 15) is 9.59 Å². The van der Waals surface area contributed by atoms with Crippen LogP contribution in [0, 0.1) is 5.41 Å². The fourth-order valence-electron chi connectivity index (χ4n) is 4.44. The van der Waals surface area contributed by atoms with Crippen LogP contribution in [0.25, 0.3) is 0 Å². The van der Waals surface area contributed by atoms with E-state index in [2.05, 4.69) is 0 Å². The fourth-order valence-corrected chi connectivity index (χ4v) is 4.69. The summed E-state index contributed by atoms with van der Waals surface area (Å²) in [5, 5.41) is 0.627. The number of amides is 2. The van der Waals surface area contributed by atoms with E-state index >= 15 is 0 Å². The molecule has 1 aromatic rings. The van der Waals surface area contributed by atoms with Crippen molar-refractivity contribution in [3.05, 3.63) is 33.8 Å². The molecule has 1 atom stereocenters. The molecule has 0 radical (unpaired) electrons. The van der Waals surface area contributed by atoms with E-state index in [1.807, 2.05) is 44.7 Å². The van der Waals surface area contributed by atoms with Crippen molar-refractivity contribution in [3.63, 3.8) is 0 Å². The number of morpholine rings is 1. The van der Waals surface area contributed by atoms with Crippen LogP contribution >= 0.6 is 11.6 Å². The number of hydrogen-bond acceptors (Lipinski definition) is 5. The third-order valence-electron chi connectivity index (χ3n) is 6.10. The highest BCUT2D eigenvalue weighted by atomic mass is 35.5. The Bertz CT molecular complexity index is 877. The van der Waals surface area contributed by atoms with Crippen LogP contribution in [0.1, 0.15) is 50.4 Å². The molecule has 2 saturated heterocycles. The van der Waals surface area contributed by atoms with Crippen molar-refractivity contribution in [3.8, 4) is 0 Å². The summed E-state index contributed by atoms with van der Waals surface area (Å²) in [4.78, 5) is 29.7. The van der Waals surface area contributed by atoms with Gasteiger partial charge in [-0.3, -0.25) is 9.69 Å². The van der Waals surface area contributed by atoms with Crippen molar-refractivity contribution >= 4 is 23.6 Å². The Hall–Kier alpha value is -1.83. The molecule has 0 spiro atoms. The number of halogens is 1. The molecule has 3 aliphatic rings. The number of carbonyl (C=O) groups is 2. The summed E-state index contributed by atoms with van der Waals surface area (Å²) in [6.07, 6.45) is 0.364. The largest absolute Gasteiger partial charge is 0.444 e. The van der Waals surface area contributed by atoms with Gasteiger partial charge in [0.1, 0.15) is 5.60 Å². The molecule has 0 aliphatic carbocycles. The van der Waals surface area contributed by atoms with Gasteiger partial charge in [0.25, 0.3) is 0 Å². The maximum atomic E-state index is 13.1. The van der Waals surface area contributed by atoms with Crippen LogP contribution in [-0.4, -0.2) is 66.9 Å². The maximum Gasteiger partial charge on any atom is 0.410 e. The second-order valence-electron chi connectivity index (χ2n) is 9.93. The van der Waals surface area contributed by atoms with Crippen LogP contribution in [0.4, 0.5) is 4.79 Å². The van der Waals surface area contributed by atoms with Gasteiger partial charge in [0.15, 0.2) is 0 Å². The molecule has 3 aliphatic heterocycles. The van der Waals surface area contributed by atoms with Gasteiger partial charge >= 0.3 is 6.09 Å². The van der Waals surface area contributed by atoms with Gasteiger partial charge < -0.3 is 19.1 Å².